The number of carboxylic acids is 1. The van der Waals surface area contributed by atoms with E-state index in [1.165, 1.54) is 51.4 Å². The molecule has 322 valence electrons. The maximum absolute atomic E-state index is 12.7. The predicted octanol–water partition coefficient (Wildman–Crippen LogP) is 10.9. The molecule has 2 unspecified atom stereocenters. The van der Waals surface area contributed by atoms with Gasteiger partial charge in [-0.3, -0.25) is 9.59 Å². The normalized spacial score (nSPS) is 13.5. The van der Waals surface area contributed by atoms with Gasteiger partial charge in [0.05, 0.1) is 40.3 Å². The topological polar surface area (TPSA) is 102 Å². The number of carbonyl (C=O) groups is 3. The number of likely N-dealkylation sites (N-methyl/N-ethyl adjacent to an activating group) is 1. The van der Waals surface area contributed by atoms with Crippen LogP contribution in [0.25, 0.3) is 0 Å². The smallest absolute Gasteiger partial charge is 0.306 e. The van der Waals surface area contributed by atoms with Crippen LogP contribution >= 0.6 is 0 Å². The van der Waals surface area contributed by atoms with Crippen LogP contribution in [0, 0.1) is 0 Å². The van der Waals surface area contributed by atoms with Gasteiger partial charge >= 0.3 is 11.9 Å². The lowest BCUT2D eigenvalue weighted by Gasteiger charge is -2.34. The number of hydrogen-bond acceptors (Lipinski definition) is 7. The SMILES string of the molecule is CC/C=C/C/C=C/C/C=C/CCCCCCCCCCCCC(=O)OCC(COCCC(C(=O)[O-])[N+](C)(C)C)OC(=O)CCCCCCC/C=C/C/C=C/CC. The van der Waals surface area contributed by atoms with Crippen molar-refractivity contribution in [2.45, 2.75) is 187 Å². The van der Waals surface area contributed by atoms with Gasteiger partial charge in [0, 0.05) is 19.3 Å². The molecule has 0 rings (SSSR count). The van der Waals surface area contributed by atoms with E-state index in [9.17, 15) is 19.5 Å². The van der Waals surface area contributed by atoms with Gasteiger partial charge in [-0.05, 0) is 70.6 Å². The minimum atomic E-state index is -1.13. The highest BCUT2D eigenvalue weighted by Gasteiger charge is 2.25. The van der Waals surface area contributed by atoms with E-state index in [-0.39, 0.29) is 42.7 Å². The average molecular weight is 786 g/mol. The highest BCUT2D eigenvalue weighted by molar-refractivity contribution is 5.70. The molecule has 0 N–H and O–H groups in total. The number of hydrogen-bond donors (Lipinski definition) is 0. The number of carboxylic acid groups (broad SMARTS) is 1. The molecular weight excluding hydrogens is 703 g/mol. The number of esters is 2. The molecule has 0 aromatic rings. The molecule has 0 aromatic carbocycles. The van der Waals surface area contributed by atoms with Crippen LogP contribution in [0.3, 0.4) is 0 Å². The fraction of sp³-hybridized carbons (Fsp3) is 0.729. The van der Waals surface area contributed by atoms with Crippen LogP contribution in [-0.2, 0) is 28.6 Å². The molecule has 0 amide bonds. The van der Waals surface area contributed by atoms with E-state index in [4.69, 9.17) is 14.2 Å². The summed E-state index contributed by atoms with van der Waals surface area (Å²) in [6, 6.07) is -0.730. The Balaban J connectivity index is 4.29. The van der Waals surface area contributed by atoms with E-state index in [0.29, 0.717) is 12.8 Å². The number of quaternary nitrogens is 1. The van der Waals surface area contributed by atoms with Crippen molar-refractivity contribution in [2.24, 2.45) is 0 Å². The Morgan fingerprint density at radius 3 is 1.39 bits per heavy atom. The lowest BCUT2D eigenvalue weighted by molar-refractivity contribution is -0.889. The minimum absolute atomic E-state index is 0.0319. The Kier molecular flexibility index (Phi) is 36.8. The van der Waals surface area contributed by atoms with Crippen molar-refractivity contribution >= 4 is 17.9 Å². The van der Waals surface area contributed by atoms with Crippen molar-refractivity contribution in [2.75, 3.05) is 41.0 Å². The molecule has 8 nitrogen and oxygen atoms in total. The van der Waals surface area contributed by atoms with Crippen molar-refractivity contribution < 1.29 is 38.2 Å². The van der Waals surface area contributed by atoms with Gasteiger partial charge in [-0.15, -0.1) is 0 Å². The summed E-state index contributed by atoms with van der Waals surface area (Å²) >= 11 is 0. The second-order valence-corrected chi connectivity index (χ2v) is 15.9. The number of rotatable bonds is 39. The molecule has 0 saturated carbocycles. The van der Waals surface area contributed by atoms with E-state index >= 15 is 0 Å². The minimum Gasteiger partial charge on any atom is -0.544 e. The molecule has 0 fully saturated rings. The van der Waals surface area contributed by atoms with Crippen molar-refractivity contribution in [3.63, 3.8) is 0 Å². The van der Waals surface area contributed by atoms with E-state index in [1.54, 1.807) is 21.1 Å². The molecule has 8 heteroatoms. The van der Waals surface area contributed by atoms with Gasteiger partial charge in [0.15, 0.2) is 6.10 Å². The Labute approximate surface area is 343 Å². The molecule has 0 aliphatic carbocycles. The summed E-state index contributed by atoms with van der Waals surface area (Å²) in [5.41, 5.74) is 0. The van der Waals surface area contributed by atoms with Gasteiger partial charge in [0.25, 0.3) is 0 Å². The third-order valence-corrected chi connectivity index (χ3v) is 9.65. The summed E-state index contributed by atoms with van der Waals surface area (Å²) in [5.74, 6) is -1.76. The van der Waals surface area contributed by atoms with Crippen molar-refractivity contribution in [3.8, 4) is 0 Å². The summed E-state index contributed by atoms with van der Waals surface area (Å²) in [6.45, 7) is 4.42. The zero-order valence-electron chi connectivity index (χ0n) is 36.5. The predicted molar refractivity (Wildman–Crippen MR) is 231 cm³/mol. The second-order valence-electron chi connectivity index (χ2n) is 15.9. The van der Waals surface area contributed by atoms with Gasteiger partial charge in [-0.25, -0.2) is 0 Å². The van der Waals surface area contributed by atoms with Gasteiger partial charge in [-0.2, -0.15) is 0 Å². The fourth-order valence-electron chi connectivity index (χ4n) is 6.24. The molecule has 0 heterocycles. The third kappa shape index (κ3) is 36.7. The van der Waals surface area contributed by atoms with E-state index in [2.05, 4.69) is 74.6 Å². The van der Waals surface area contributed by atoms with Crippen LogP contribution in [0.5, 0.6) is 0 Å². The largest absolute Gasteiger partial charge is 0.544 e. The van der Waals surface area contributed by atoms with E-state index < -0.39 is 18.1 Å². The first kappa shape index (κ1) is 53.0. The van der Waals surface area contributed by atoms with Gasteiger partial charge in [0.2, 0.25) is 0 Å². The average Bonchev–Trinajstić information content (AvgIpc) is 3.15. The summed E-state index contributed by atoms with van der Waals surface area (Å²) in [4.78, 5) is 36.8. The number of unbranched alkanes of at least 4 members (excludes halogenated alkanes) is 15. The second kappa shape index (κ2) is 38.9. The first-order valence-corrected chi connectivity index (χ1v) is 22.3. The quantitative estimate of drug-likeness (QED) is 0.0265. The van der Waals surface area contributed by atoms with Crippen LogP contribution in [0.4, 0.5) is 0 Å². The van der Waals surface area contributed by atoms with Crippen LogP contribution < -0.4 is 5.11 Å². The lowest BCUT2D eigenvalue weighted by atomic mass is 10.1. The standard InChI is InChI=1S/C48H83NO7/c1-6-8-10-12-14-16-18-20-21-22-23-24-25-26-27-29-30-32-34-36-38-46(50)55-43-44(42-54-41-40-45(48(52)53)49(3,4)5)56-47(51)39-37-35-33-31-28-19-17-15-13-11-9-7-2/h8-11,14-17,20-21,44-45H,6-7,12-13,18-19,22-43H2,1-5H3/b10-8+,11-9+,16-14+,17-15+,21-20+. The molecule has 0 aromatic heterocycles. The zero-order valence-corrected chi connectivity index (χ0v) is 36.5. The van der Waals surface area contributed by atoms with E-state index in [1.807, 2.05) is 0 Å². The molecule has 0 radical (unpaired) electrons. The summed E-state index contributed by atoms with van der Waals surface area (Å²) < 4.78 is 17.1. The molecule has 0 spiro atoms. The fourth-order valence-corrected chi connectivity index (χ4v) is 6.24. The highest BCUT2D eigenvalue weighted by atomic mass is 16.6. The van der Waals surface area contributed by atoms with Crippen molar-refractivity contribution in [3.05, 3.63) is 60.8 Å². The molecule has 0 aliphatic rings. The Morgan fingerprint density at radius 1 is 0.536 bits per heavy atom. The number of ether oxygens (including phenoxy) is 3. The molecule has 0 saturated heterocycles. The first-order chi connectivity index (χ1) is 27.1. The van der Waals surface area contributed by atoms with Crippen LogP contribution in [0.1, 0.15) is 174 Å². The van der Waals surface area contributed by atoms with Gasteiger partial charge < -0.3 is 28.6 Å². The first-order valence-electron chi connectivity index (χ1n) is 22.3. The molecule has 0 bridgehead atoms. The third-order valence-electron chi connectivity index (χ3n) is 9.65. The number of allylic oxidation sites excluding steroid dienone is 10. The van der Waals surface area contributed by atoms with Gasteiger partial charge in [-0.1, -0.05) is 145 Å². The Morgan fingerprint density at radius 2 is 0.946 bits per heavy atom. The van der Waals surface area contributed by atoms with Crippen LogP contribution in [-0.4, -0.2) is 75.5 Å². The summed E-state index contributed by atoms with van der Waals surface area (Å²) in [5, 5.41) is 11.6. The van der Waals surface area contributed by atoms with E-state index in [0.717, 1.165) is 89.9 Å². The van der Waals surface area contributed by atoms with Crippen LogP contribution in [0.2, 0.25) is 0 Å². The molecule has 56 heavy (non-hydrogen) atoms. The molecular formula is C48H83NO7. The summed E-state index contributed by atoms with van der Waals surface area (Å²) in [7, 11) is 5.39. The Bertz CT molecular complexity index is 1100. The van der Waals surface area contributed by atoms with Crippen LogP contribution in [0.15, 0.2) is 60.8 Å². The summed E-state index contributed by atoms with van der Waals surface area (Å²) in [6.07, 6.45) is 46.8. The Hall–Kier alpha value is -2.97. The zero-order chi connectivity index (χ0) is 41.4. The van der Waals surface area contributed by atoms with Crippen molar-refractivity contribution in [1.82, 2.24) is 0 Å². The lowest BCUT2D eigenvalue weighted by Crippen LogP contribution is -2.55. The molecule has 2 atom stereocenters. The number of nitrogens with zero attached hydrogens (tertiary/aromatic N) is 1. The maximum Gasteiger partial charge on any atom is 0.306 e. The maximum atomic E-state index is 12.7. The number of carbonyl (C=O) groups excluding carboxylic acids is 3. The number of aliphatic carboxylic acids is 1. The monoisotopic (exact) mass is 786 g/mol. The van der Waals surface area contributed by atoms with Crippen molar-refractivity contribution in [1.29, 1.82) is 0 Å². The van der Waals surface area contributed by atoms with Gasteiger partial charge in [0.1, 0.15) is 12.6 Å². The molecule has 0 aliphatic heterocycles. The highest BCUT2D eigenvalue weighted by Crippen LogP contribution is 2.14.